The molecule has 0 aromatic rings. The highest BCUT2D eigenvalue weighted by atomic mass is 28.3. The summed E-state index contributed by atoms with van der Waals surface area (Å²) in [6.45, 7) is 10.3. The number of aliphatic hydroxyl groups excluding tert-OH is 1. The fourth-order valence-electron chi connectivity index (χ4n) is 0.334. The summed E-state index contributed by atoms with van der Waals surface area (Å²) >= 11 is 0. The topological polar surface area (TPSA) is 20.2 Å². The zero-order valence-electron chi connectivity index (χ0n) is 6.86. The van der Waals surface area contributed by atoms with Crippen LogP contribution < -0.4 is 0 Å². The molecule has 0 saturated heterocycles. The van der Waals surface area contributed by atoms with Gasteiger partial charge in [-0.1, -0.05) is 38.1 Å². The van der Waals surface area contributed by atoms with Gasteiger partial charge in [0.05, 0.1) is 8.07 Å². The molecular weight excluding hydrogens is 140 g/mol. The van der Waals surface area contributed by atoms with Crippen molar-refractivity contribution in [2.75, 3.05) is 6.61 Å². The maximum atomic E-state index is 8.38. The molecule has 2 heteroatoms. The summed E-state index contributed by atoms with van der Waals surface area (Å²) in [6, 6.07) is 0. The molecule has 0 bridgehead atoms. The van der Waals surface area contributed by atoms with Gasteiger partial charge >= 0.3 is 0 Å². The van der Waals surface area contributed by atoms with Gasteiger partial charge in [-0.3, -0.25) is 0 Å². The molecule has 0 aromatic carbocycles. The van der Waals surface area contributed by atoms with Crippen molar-refractivity contribution in [2.24, 2.45) is 0 Å². The largest absolute Gasteiger partial charge is 0.384 e. The number of hydrogen-bond acceptors (Lipinski definition) is 1. The van der Waals surface area contributed by atoms with E-state index in [1.807, 2.05) is 0 Å². The van der Waals surface area contributed by atoms with Crippen LogP contribution in [0.2, 0.25) is 19.6 Å². The molecule has 1 nitrogen and oxygen atoms in total. The van der Waals surface area contributed by atoms with Crippen LogP contribution in [0.15, 0.2) is 11.8 Å². The minimum Gasteiger partial charge on any atom is -0.384 e. The van der Waals surface area contributed by atoms with Crippen LogP contribution in [-0.4, -0.2) is 19.8 Å². The second-order valence-corrected chi connectivity index (χ2v) is 8.29. The van der Waals surface area contributed by atoms with Gasteiger partial charge in [-0.05, 0) is 5.20 Å². The van der Waals surface area contributed by atoms with E-state index in [0.717, 1.165) is 5.20 Å². The van der Waals surface area contributed by atoms with E-state index < -0.39 is 8.07 Å². The lowest BCUT2D eigenvalue weighted by Crippen LogP contribution is -2.22. The first kappa shape index (κ1) is 9.48. The van der Waals surface area contributed by atoms with Gasteiger partial charge < -0.3 is 5.11 Å². The zero-order valence-corrected chi connectivity index (χ0v) is 7.86. The average molecular weight is 154 g/mol. The van der Waals surface area contributed by atoms with Crippen molar-refractivity contribution in [3.8, 4) is 11.8 Å². The van der Waals surface area contributed by atoms with Gasteiger partial charge in [0, 0.05) is 0 Å². The summed E-state index contributed by atoms with van der Waals surface area (Å²) in [7, 11) is -1.28. The Morgan fingerprint density at radius 1 is 1.50 bits per heavy atom. The van der Waals surface area contributed by atoms with Crippen molar-refractivity contribution in [1.29, 1.82) is 0 Å². The highest BCUT2D eigenvalue weighted by Gasteiger charge is 2.15. The Morgan fingerprint density at radius 3 is 2.30 bits per heavy atom. The lowest BCUT2D eigenvalue weighted by molar-refractivity contribution is 0.350. The molecule has 56 valence electrons. The molecule has 0 atom stereocenters. The second-order valence-electron chi connectivity index (χ2n) is 3.19. The van der Waals surface area contributed by atoms with Crippen LogP contribution in [0.1, 0.15) is 0 Å². The number of allylic oxidation sites excluding steroid dienone is 1. The maximum Gasteiger partial charge on any atom is 0.104 e. The predicted molar refractivity (Wildman–Crippen MR) is 47.3 cm³/mol. The summed E-state index contributed by atoms with van der Waals surface area (Å²) in [4.78, 5) is 0. The van der Waals surface area contributed by atoms with E-state index in [-0.39, 0.29) is 6.61 Å². The molecule has 0 saturated carbocycles. The molecule has 0 unspecified atom stereocenters. The molecule has 0 fully saturated rings. The monoisotopic (exact) mass is 154 g/mol. The highest BCUT2D eigenvalue weighted by Crippen LogP contribution is 2.10. The van der Waals surface area contributed by atoms with Gasteiger partial charge in [0.2, 0.25) is 0 Å². The third-order valence-corrected chi connectivity index (χ3v) is 3.16. The summed E-state index contributed by atoms with van der Waals surface area (Å²) in [5, 5.41) is 9.38. The Bertz CT molecular complexity index is 178. The number of rotatable bonds is 1. The van der Waals surface area contributed by atoms with Crippen molar-refractivity contribution in [3.05, 3.63) is 11.8 Å². The van der Waals surface area contributed by atoms with Crippen molar-refractivity contribution in [2.45, 2.75) is 19.6 Å². The highest BCUT2D eigenvalue weighted by molar-refractivity contribution is 6.83. The lowest BCUT2D eigenvalue weighted by Gasteiger charge is -2.13. The van der Waals surface area contributed by atoms with E-state index in [1.165, 1.54) is 0 Å². The van der Waals surface area contributed by atoms with Gasteiger partial charge in [-0.15, -0.1) is 0 Å². The van der Waals surface area contributed by atoms with Crippen LogP contribution in [0.5, 0.6) is 0 Å². The Labute approximate surface area is 63.8 Å². The van der Waals surface area contributed by atoms with Crippen molar-refractivity contribution in [3.63, 3.8) is 0 Å². The van der Waals surface area contributed by atoms with E-state index in [1.54, 1.807) is 0 Å². The molecule has 0 aliphatic rings. The van der Waals surface area contributed by atoms with Crippen LogP contribution >= 0.6 is 0 Å². The predicted octanol–water partition coefficient (Wildman–Crippen LogP) is 1.42. The molecule has 10 heavy (non-hydrogen) atoms. The van der Waals surface area contributed by atoms with Crippen molar-refractivity contribution < 1.29 is 5.11 Å². The molecule has 0 amide bonds. The summed E-state index contributed by atoms with van der Waals surface area (Å²) in [5.41, 5.74) is 0. The van der Waals surface area contributed by atoms with Gasteiger partial charge in [0.25, 0.3) is 0 Å². The molecule has 1 N–H and O–H groups in total. The number of aliphatic hydroxyl groups is 1. The summed E-state index contributed by atoms with van der Waals surface area (Å²) < 4.78 is 0. The minimum atomic E-state index is -1.28. The molecular formula is C8H14OSi. The van der Waals surface area contributed by atoms with Crippen LogP contribution in [0, 0.1) is 11.8 Å². The quantitative estimate of drug-likeness (QED) is 0.447. The summed E-state index contributed by atoms with van der Waals surface area (Å²) in [5.74, 6) is 5.43. The Kier molecular flexibility index (Phi) is 3.41. The normalized spacial score (nSPS) is 10.0. The van der Waals surface area contributed by atoms with Gasteiger partial charge in [-0.2, -0.15) is 0 Å². The van der Waals surface area contributed by atoms with Crippen molar-refractivity contribution in [1.82, 2.24) is 0 Å². The fourth-order valence-corrected chi connectivity index (χ4v) is 0.797. The second kappa shape index (κ2) is 3.60. The Balaban J connectivity index is 4.12. The van der Waals surface area contributed by atoms with E-state index >= 15 is 0 Å². The van der Waals surface area contributed by atoms with Crippen LogP contribution in [0.3, 0.4) is 0 Å². The van der Waals surface area contributed by atoms with Crippen LogP contribution in [-0.2, 0) is 0 Å². The number of hydrogen-bond donors (Lipinski definition) is 1. The molecule has 0 aliphatic carbocycles. The van der Waals surface area contributed by atoms with E-state index in [2.05, 4.69) is 38.1 Å². The molecule has 0 rings (SSSR count). The third kappa shape index (κ3) is 3.49. The average Bonchev–Trinajstić information content (AvgIpc) is 1.80. The van der Waals surface area contributed by atoms with Crippen LogP contribution in [0.4, 0.5) is 0 Å². The maximum absolute atomic E-state index is 8.38. The van der Waals surface area contributed by atoms with Crippen LogP contribution in [0.25, 0.3) is 0 Å². The molecule has 0 spiro atoms. The van der Waals surface area contributed by atoms with Gasteiger partial charge in [0.1, 0.15) is 6.61 Å². The molecule has 0 aromatic heterocycles. The summed E-state index contributed by atoms with van der Waals surface area (Å²) in [6.07, 6.45) is 0. The first-order valence-corrected chi connectivity index (χ1v) is 6.77. The molecule has 0 aliphatic heterocycles. The fraction of sp³-hybridized carbons (Fsp3) is 0.500. The first-order valence-electron chi connectivity index (χ1n) is 3.27. The van der Waals surface area contributed by atoms with Gasteiger partial charge in [-0.25, -0.2) is 0 Å². The first-order chi connectivity index (χ1) is 4.48. The molecule has 0 heterocycles. The molecule has 0 radical (unpaired) electrons. The zero-order chi connectivity index (χ0) is 8.20. The third-order valence-electron chi connectivity index (χ3n) is 1.22. The standard InChI is InChI=1S/C8H14OSi/c1-8(6-5-7-9)10(2,3)4/h9H,1,7H2,2-4H3. The van der Waals surface area contributed by atoms with Gasteiger partial charge in [0.15, 0.2) is 0 Å². The SMILES string of the molecule is C=C(C#CCO)[Si](C)(C)C. The Hall–Kier alpha value is -0.523. The minimum absolute atomic E-state index is 0.0660. The Morgan fingerprint density at radius 2 is 2.00 bits per heavy atom. The smallest absolute Gasteiger partial charge is 0.104 e. The van der Waals surface area contributed by atoms with E-state index in [9.17, 15) is 0 Å². The van der Waals surface area contributed by atoms with E-state index in [0.29, 0.717) is 0 Å². The van der Waals surface area contributed by atoms with Crippen molar-refractivity contribution >= 4 is 8.07 Å². The van der Waals surface area contributed by atoms with E-state index in [4.69, 9.17) is 5.11 Å². The lowest BCUT2D eigenvalue weighted by atomic mass is 10.6.